The van der Waals surface area contributed by atoms with Gasteiger partial charge in [0.15, 0.2) is 0 Å². The van der Waals surface area contributed by atoms with E-state index in [0.717, 1.165) is 11.6 Å². The molecule has 1 saturated heterocycles. The van der Waals surface area contributed by atoms with E-state index in [0.29, 0.717) is 13.0 Å². The lowest BCUT2D eigenvalue weighted by Crippen LogP contribution is -2.43. The first-order valence-electron chi connectivity index (χ1n) is 4.53. The van der Waals surface area contributed by atoms with Gasteiger partial charge in [0.05, 0.1) is 6.04 Å². The summed E-state index contributed by atoms with van der Waals surface area (Å²) < 4.78 is 0. The van der Waals surface area contributed by atoms with Gasteiger partial charge in [-0.15, -0.1) is 11.8 Å². The number of carbonyl (C=O) groups is 2. The van der Waals surface area contributed by atoms with Gasteiger partial charge in [0, 0.05) is 31.6 Å². The van der Waals surface area contributed by atoms with E-state index in [4.69, 9.17) is 0 Å². The Balaban J connectivity index is 2.11. The highest BCUT2D eigenvalue weighted by Crippen LogP contribution is 2.08. The van der Waals surface area contributed by atoms with Crippen molar-refractivity contribution in [2.45, 2.75) is 12.5 Å². The Kier molecular flexibility index (Phi) is 4.75. The number of hydrogen-bond donors (Lipinski definition) is 3. The summed E-state index contributed by atoms with van der Waals surface area (Å²) in [5.74, 6) is 1.57. The molecule has 0 unspecified atom stereocenters. The molecule has 1 rings (SSSR count). The second-order valence-electron chi connectivity index (χ2n) is 2.99. The van der Waals surface area contributed by atoms with Crippen molar-refractivity contribution in [3.8, 4) is 0 Å². The van der Waals surface area contributed by atoms with Gasteiger partial charge >= 0.3 is 0 Å². The Morgan fingerprint density at radius 3 is 2.93 bits per heavy atom. The molecule has 0 aromatic rings. The minimum Gasteiger partial charge on any atom is -0.359 e. The first-order valence-corrected chi connectivity index (χ1v) is 5.69. The van der Waals surface area contributed by atoms with Crippen LogP contribution in [0, 0.1) is 0 Å². The van der Waals surface area contributed by atoms with Crippen LogP contribution < -0.4 is 16.0 Å². The molecule has 0 radical (unpaired) electrons. The molecule has 0 aliphatic carbocycles. The van der Waals surface area contributed by atoms with Crippen LogP contribution in [0.3, 0.4) is 0 Å². The van der Waals surface area contributed by atoms with E-state index in [1.54, 1.807) is 18.8 Å². The smallest absolute Gasteiger partial charge is 0.238 e. The summed E-state index contributed by atoms with van der Waals surface area (Å²) in [6.07, 6.45) is 0.335. The molecule has 3 N–H and O–H groups in total. The van der Waals surface area contributed by atoms with E-state index in [9.17, 15) is 9.59 Å². The zero-order valence-corrected chi connectivity index (χ0v) is 8.95. The van der Waals surface area contributed by atoms with E-state index in [-0.39, 0.29) is 17.9 Å². The normalized spacial score (nSPS) is 20.5. The molecule has 0 saturated carbocycles. The van der Waals surface area contributed by atoms with Crippen molar-refractivity contribution in [3.05, 3.63) is 0 Å². The minimum absolute atomic E-state index is 0.0149. The average Bonchev–Trinajstić information content (AvgIpc) is 2.70. The monoisotopic (exact) mass is 217 g/mol. The molecule has 6 heteroatoms. The van der Waals surface area contributed by atoms with E-state index < -0.39 is 0 Å². The summed E-state index contributed by atoms with van der Waals surface area (Å²) in [7, 11) is 1.58. The second-order valence-corrected chi connectivity index (χ2v) is 4.02. The van der Waals surface area contributed by atoms with E-state index in [1.807, 2.05) is 0 Å². The summed E-state index contributed by atoms with van der Waals surface area (Å²) in [5, 5.41) is 8.27. The van der Waals surface area contributed by atoms with Crippen LogP contribution in [0.15, 0.2) is 0 Å². The van der Waals surface area contributed by atoms with Gasteiger partial charge in [-0.25, -0.2) is 0 Å². The highest BCUT2D eigenvalue weighted by atomic mass is 32.2. The maximum atomic E-state index is 11.4. The van der Waals surface area contributed by atoms with Gasteiger partial charge < -0.3 is 10.6 Å². The molecule has 80 valence electrons. The van der Waals surface area contributed by atoms with Crippen molar-refractivity contribution in [1.82, 2.24) is 16.0 Å². The summed E-state index contributed by atoms with van der Waals surface area (Å²) in [6, 6.07) is -0.0929. The Hall–Kier alpha value is -0.750. The van der Waals surface area contributed by atoms with Crippen molar-refractivity contribution in [2.75, 3.05) is 25.2 Å². The Bertz CT molecular complexity index is 217. The predicted molar refractivity (Wildman–Crippen MR) is 55.9 cm³/mol. The van der Waals surface area contributed by atoms with Gasteiger partial charge in [-0.1, -0.05) is 0 Å². The fourth-order valence-electron chi connectivity index (χ4n) is 1.11. The molecule has 5 nitrogen and oxygen atoms in total. The number of nitrogens with one attached hydrogen (secondary N) is 3. The largest absolute Gasteiger partial charge is 0.359 e. The molecule has 1 atom stereocenters. The van der Waals surface area contributed by atoms with Crippen molar-refractivity contribution < 1.29 is 9.59 Å². The number of hydrogen-bond acceptors (Lipinski definition) is 4. The van der Waals surface area contributed by atoms with Crippen molar-refractivity contribution in [2.24, 2.45) is 0 Å². The van der Waals surface area contributed by atoms with E-state index in [2.05, 4.69) is 16.0 Å². The van der Waals surface area contributed by atoms with Crippen LogP contribution in [-0.4, -0.2) is 43.1 Å². The Morgan fingerprint density at radius 1 is 1.57 bits per heavy atom. The Labute approximate surface area is 87.4 Å². The number of carbonyl (C=O) groups excluding carboxylic acids is 2. The summed E-state index contributed by atoms with van der Waals surface area (Å²) >= 11 is 1.70. The molecule has 1 heterocycles. The molecule has 0 bridgehead atoms. The highest BCUT2D eigenvalue weighted by Gasteiger charge is 2.21. The quantitative estimate of drug-likeness (QED) is 0.559. The van der Waals surface area contributed by atoms with Crippen LogP contribution in [0.5, 0.6) is 0 Å². The van der Waals surface area contributed by atoms with Gasteiger partial charge in [0.2, 0.25) is 11.8 Å². The lowest BCUT2D eigenvalue weighted by Gasteiger charge is -2.09. The molecule has 1 fully saturated rings. The SMILES string of the molecule is CNC(=O)CCNC(=O)[C@H]1CSCN1. The molecular formula is C8H15N3O2S. The first kappa shape index (κ1) is 11.3. The fourth-order valence-corrected chi connectivity index (χ4v) is 2.05. The highest BCUT2D eigenvalue weighted by molar-refractivity contribution is 7.99. The standard InChI is InChI=1S/C8H15N3O2S/c1-9-7(12)2-3-10-8(13)6-4-14-5-11-6/h6,11H,2-5H2,1H3,(H,9,12)(H,10,13)/t6-/m1/s1. The predicted octanol–water partition coefficient (Wildman–Crippen LogP) is -1.10. The fraction of sp³-hybridized carbons (Fsp3) is 0.750. The third-order valence-electron chi connectivity index (χ3n) is 1.96. The average molecular weight is 217 g/mol. The molecule has 1 aliphatic heterocycles. The molecule has 2 amide bonds. The summed E-state index contributed by atoms with van der Waals surface area (Å²) in [6.45, 7) is 0.404. The van der Waals surface area contributed by atoms with Gasteiger partial charge in [-0.3, -0.25) is 14.9 Å². The van der Waals surface area contributed by atoms with Crippen molar-refractivity contribution in [3.63, 3.8) is 0 Å². The molecule has 0 aromatic heterocycles. The van der Waals surface area contributed by atoms with Gasteiger partial charge in [0.1, 0.15) is 0 Å². The minimum atomic E-state index is -0.0929. The van der Waals surface area contributed by atoms with Crippen molar-refractivity contribution >= 4 is 23.6 Å². The van der Waals surface area contributed by atoms with E-state index in [1.165, 1.54) is 0 Å². The second kappa shape index (κ2) is 5.87. The van der Waals surface area contributed by atoms with Crippen LogP contribution in [-0.2, 0) is 9.59 Å². The number of thioether (sulfide) groups is 1. The van der Waals surface area contributed by atoms with E-state index >= 15 is 0 Å². The van der Waals surface area contributed by atoms with Crippen LogP contribution in [0.2, 0.25) is 0 Å². The maximum absolute atomic E-state index is 11.4. The lowest BCUT2D eigenvalue weighted by atomic mass is 10.3. The van der Waals surface area contributed by atoms with Gasteiger partial charge in [-0.05, 0) is 0 Å². The lowest BCUT2D eigenvalue weighted by molar-refractivity contribution is -0.123. The molecule has 0 spiro atoms. The first-order chi connectivity index (χ1) is 6.74. The van der Waals surface area contributed by atoms with Gasteiger partial charge in [0.25, 0.3) is 0 Å². The van der Waals surface area contributed by atoms with Crippen molar-refractivity contribution in [1.29, 1.82) is 0 Å². The topological polar surface area (TPSA) is 70.2 Å². The summed E-state index contributed by atoms with van der Waals surface area (Å²) in [5.41, 5.74) is 0. The van der Waals surface area contributed by atoms with Gasteiger partial charge in [-0.2, -0.15) is 0 Å². The van der Waals surface area contributed by atoms with Crippen LogP contribution >= 0.6 is 11.8 Å². The molecule has 14 heavy (non-hydrogen) atoms. The number of amides is 2. The van der Waals surface area contributed by atoms with Crippen LogP contribution in [0.1, 0.15) is 6.42 Å². The zero-order valence-electron chi connectivity index (χ0n) is 8.13. The molecular weight excluding hydrogens is 202 g/mol. The van der Waals surface area contributed by atoms with Crippen LogP contribution in [0.4, 0.5) is 0 Å². The third kappa shape index (κ3) is 3.55. The number of rotatable bonds is 4. The molecule has 0 aromatic carbocycles. The maximum Gasteiger partial charge on any atom is 0.238 e. The summed E-state index contributed by atoms with van der Waals surface area (Å²) in [4.78, 5) is 22.2. The van der Waals surface area contributed by atoms with Crippen LogP contribution in [0.25, 0.3) is 0 Å². The Morgan fingerprint density at radius 2 is 2.36 bits per heavy atom. The zero-order chi connectivity index (χ0) is 10.4. The third-order valence-corrected chi connectivity index (χ3v) is 2.90. The molecule has 1 aliphatic rings.